The van der Waals surface area contributed by atoms with Gasteiger partial charge >= 0.3 is 0 Å². The van der Waals surface area contributed by atoms with Crippen molar-refractivity contribution in [3.05, 3.63) is 59.2 Å². The number of hydrogen-bond donors (Lipinski definition) is 0. The highest BCUT2D eigenvalue weighted by molar-refractivity contribution is 7.84. The van der Waals surface area contributed by atoms with Crippen molar-refractivity contribution in [3.8, 4) is 17.9 Å². The topological polar surface area (TPSA) is 77.1 Å². The van der Waals surface area contributed by atoms with Crippen molar-refractivity contribution < 1.29 is 8.95 Å². The summed E-state index contributed by atoms with van der Waals surface area (Å²) >= 11 is 0. The molecule has 1 fully saturated rings. The van der Waals surface area contributed by atoms with Gasteiger partial charge in [0.05, 0.1) is 29.9 Å². The van der Waals surface area contributed by atoms with Crippen LogP contribution in [0.25, 0.3) is 0 Å². The zero-order chi connectivity index (χ0) is 20.8. The molecule has 1 saturated heterocycles. The average molecular weight is 408 g/mol. The van der Waals surface area contributed by atoms with Crippen molar-refractivity contribution in [1.29, 1.82) is 10.5 Å². The Bertz CT molecular complexity index is 927. The van der Waals surface area contributed by atoms with Crippen molar-refractivity contribution in [2.75, 3.05) is 26.0 Å². The van der Waals surface area contributed by atoms with Crippen LogP contribution >= 0.6 is 0 Å². The molecule has 3 rings (SSSR count). The Morgan fingerprint density at radius 1 is 1.14 bits per heavy atom. The van der Waals surface area contributed by atoms with E-state index in [4.69, 9.17) is 15.3 Å². The molecule has 0 N–H and O–H groups in total. The molecular formula is C23H25N3O2S. The molecule has 3 atom stereocenters. The molecule has 0 aromatic heterocycles. The minimum atomic E-state index is -0.973. The third-order valence-electron chi connectivity index (χ3n) is 5.37. The van der Waals surface area contributed by atoms with Gasteiger partial charge in [0, 0.05) is 47.0 Å². The molecule has 0 saturated carbocycles. The fraction of sp³-hybridized carbons (Fsp3) is 0.391. The van der Waals surface area contributed by atoms with Crippen LogP contribution in [0.15, 0.2) is 47.4 Å². The van der Waals surface area contributed by atoms with Gasteiger partial charge in [-0.2, -0.15) is 10.5 Å². The number of rotatable bonds is 7. The van der Waals surface area contributed by atoms with E-state index in [9.17, 15) is 4.21 Å². The van der Waals surface area contributed by atoms with Gasteiger partial charge in [-0.3, -0.25) is 9.11 Å². The number of benzene rings is 2. The van der Waals surface area contributed by atoms with Crippen LogP contribution < -0.4 is 4.74 Å². The number of nitrogens with zero attached hydrogens (tertiary/aromatic N) is 3. The van der Waals surface area contributed by atoms with E-state index in [1.807, 2.05) is 36.4 Å². The first-order valence-electron chi connectivity index (χ1n) is 9.73. The first kappa shape index (κ1) is 21.0. The first-order chi connectivity index (χ1) is 14.0. The second-order valence-corrected chi connectivity index (χ2v) is 8.95. The van der Waals surface area contributed by atoms with Crippen LogP contribution in [0, 0.1) is 28.6 Å². The normalized spacial score (nSPS) is 20.0. The van der Waals surface area contributed by atoms with E-state index >= 15 is 0 Å². The van der Waals surface area contributed by atoms with Gasteiger partial charge < -0.3 is 4.74 Å². The predicted molar refractivity (Wildman–Crippen MR) is 113 cm³/mol. The number of likely N-dealkylation sites (tertiary alicyclic amines) is 1. The Morgan fingerprint density at radius 3 is 2.38 bits per heavy atom. The van der Waals surface area contributed by atoms with E-state index < -0.39 is 10.8 Å². The zero-order valence-electron chi connectivity index (χ0n) is 16.8. The molecule has 1 unspecified atom stereocenters. The second kappa shape index (κ2) is 9.69. The Balaban J connectivity index is 1.51. The van der Waals surface area contributed by atoms with Gasteiger partial charge in [-0.15, -0.1) is 0 Å². The molecule has 0 spiro atoms. The van der Waals surface area contributed by atoms with Crippen molar-refractivity contribution in [1.82, 2.24) is 4.90 Å². The Hall–Kier alpha value is -2.67. The molecule has 0 radical (unpaired) electrons. The highest BCUT2D eigenvalue weighted by Crippen LogP contribution is 2.25. The van der Waals surface area contributed by atoms with Gasteiger partial charge in [-0.05, 0) is 67.8 Å². The minimum absolute atomic E-state index is 0.463. The summed E-state index contributed by atoms with van der Waals surface area (Å²) in [5.41, 5.74) is 2.11. The lowest BCUT2D eigenvalue weighted by Crippen LogP contribution is -2.29. The lowest BCUT2D eigenvalue weighted by atomic mass is 10.0. The monoisotopic (exact) mass is 407 g/mol. The van der Waals surface area contributed by atoms with Gasteiger partial charge in [0.25, 0.3) is 0 Å². The van der Waals surface area contributed by atoms with Crippen molar-refractivity contribution in [2.45, 2.75) is 30.7 Å². The summed E-state index contributed by atoms with van der Waals surface area (Å²) in [6, 6.07) is 17.5. The lowest BCUT2D eigenvalue weighted by Gasteiger charge is -2.21. The molecule has 150 valence electrons. The third-order valence-corrected chi connectivity index (χ3v) is 6.31. The summed E-state index contributed by atoms with van der Waals surface area (Å²) in [5.74, 6) is 1.27. The van der Waals surface area contributed by atoms with Crippen molar-refractivity contribution >= 4 is 10.8 Å². The highest BCUT2D eigenvalue weighted by Gasteiger charge is 2.29. The lowest BCUT2D eigenvalue weighted by molar-refractivity contribution is 0.234. The number of nitriles is 2. The zero-order valence-corrected chi connectivity index (χ0v) is 17.6. The van der Waals surface area contributed by atoms with E-state index in [0.717, 1.165) is 42.1 Å². The van der Waals surface area contributed by atoms with Crippen molar-refractivity contribution in [2.24, 2.45) is 5.92 Å². The van der Waals surface area contributed by atoms with Crippen LogP contribution in [0.3, 0.4) is 0 Å². The fourth-order valence-electron chi connectivity index (χ4n) is 3.83. The smallest absolute Gasteiger partial charge is 0.119 e. The molecule has 5 nitrogen and oxygen atoms in total. The standard InChI is InChI=1S/C23H25N3O2S/c1-17-9-21(16-28-22-3-5-23(6-4-22)29(2)27)15-26(17)8-7-18-10-19(13-24)12-20(11-18)14-25/h3-6,10-12,17,21H,7-9,15-16H2,1-2H3/t17-,21+,29?/m1/s1. The molecule has 6 heteroatoms. The van der Waals surface area contributed by atoms with E-state index in [1.165, 1.54) is 0 Å². The van der Waals surface area contributed by atoms with Crippen LogP contribution in [0.2, 0.25) is 0 Å². The summed E-state index contributed by atoms with van der Waals surface area (Å²) in [6.45, 7) is 4.77. The van der Waals surface area contributed by atoms with Crippen molar-refractivity contribution in [3.63, 3.8) is 0 Å². The van der Waals surface area contributed by atoms with E-state index in [0.29, 0.717) is 29.7 Å². The van der Waals surface area contributed by atoms with E-state index in [-0.39, 0.29) is 0 Å². The van der Waals surface area contributed by atoms with Gasteiger partial charge in [-0.25, -0.2) is 0 Å². The Kier molecular flexibility index (Phi) is 7.04. The highest BCUT2D eigenvalue weighted by atomic mass is 32.2. The number of hydrogen-bond acceptors (Lipinski definition) is 5. The molecule has 1 aliphatic heterocycles. The minimum Gasteiger partial charge on any atom is -0.493 e. The van der Waals surface area contributed by atoms with Gasteiger partial charge in [-0.1, -0.05) is 0 Å². The van der Waals surface area contributed by atoms with Crippen LogP contribution in [0.1, 0.15) is 30.0 Å². The Labute approximate surface area is 175 Å². The van der Waals surface area contributed by atoms with Crippen LogP contribution in [-0.2, 0) is 17.2 Å². The van der Waals surface area contributed by atoms with Gasteiger partial charge in [0.2, 0.25) is 0 Å². The van der Waals surface area contributed by atoms with Crippen LogP contribution in [0.4, 0.5) is 0 Å². The maximum atomic E-state index is 11.5. The summed E-state index contributed by atoms with van der Waals surface area (Å²) in [6.07, 6.45) is 3.57. The molecule has 2 aromatic carbocycles. The maximum Gasteiger partial charge on any atom is 0.119 e. The summed E-state index contributed by atoms with van der Waals surface area (Å²) in [4.78, 5) is 3.25. The second-order valence-electron chi connectivity index (χ2n) is 7.57. The average Bonchev–Trinajstić information content (AvgIpc) is 3.10. The quantitative estimate of drug-likeness (QED) is 0.702. The fourth-order valence-corrected chi connectivity index (χ4v) is 4.35. The van der Waals surface area contributed by atoms with Crippen LogP contribution in [0.5, 0.6) is 5.75 Å². The van der Waals surface area contributed by atoms with E-state index in [2.05, 4.69) is 24.0 Å². The van der Waals surface area contributed by atoms with E-state index in [1.54, 1.807) is 12.3 Å². The molecule has 2 aromatic rings. The van der Waals surface area contributed by atoms with Crippen LogP contribution in [-0.4, -0.2) is 41.1 Å². The molecule has 0 bridgehead atoms. The predicted octanol–water partition coefficient (Wildman–Crippen LogP) is 3.50. The third kappa shape index (κ3) is 5.67. The maximum absolute atomic E-state index is 11.5. The molecule has 1 heterocycles. The SMILES string of the molecule is C[C@@H]1C[C@H](COc2ccc(S(C)=O)cc2)CN1CCc1cc(C#N)cc(C#N)c1. The Morgan fingerprint density at radius 2 is 1.79 bits per heavy atom. The molecular weight excluding hydrogens is 382 g/mol. The van der Waals surface area contributed by atoms with Gasteiger partial charge in [0.15, 0.2) is 0 Å². The summed E-state index contributed by atoms with van der Waals surface area (Å²) < 4.78 is 17.4. The largest absolute Gasteiger partial charge is 0.493 e. The summed E-state index contributed by atoms with van der Waals surface area (Å²) in [5, 5.41) is 18.3. The van der Waals surface area contributed by atoms with Gasteiger partial charge in [0.1, 0.15) is 5.75 Å². The summed E-state index contributed by atoms with van der Waals surface area (Å²) in [7, 11) is -0.973. The molecule has 0 amide bonds. The molecule has 1 aliphatic rings. The molecule has 29 heavy (non-hydrogen) atoms. The number of ether oxygens (including phenoxy) is 1. The molecule has 0 aliphatic carbocycles. The first-order valence-corrected chi connectivity index (χ1v) is 11.3.